The molecule has 2 heterocycles. The average Bonchev–Trinajstić information content (AvgIpc) is 2.71. The van der Waals surface area contributed by atoms with E-state index in [1.165, 1.54) is 6.07 Å². The van der Waals surface area contributed by atoms with E-state index in [-0.39, 0.29) is 16.8 Å². The molecule has 1 aliphatic rings. The average molecular weight is 502 g/mol. The van der Waals surface area contributed by atoms with E-state index in [2.05, 4.69) is 10.3 Å². The number of rotatable bonds is 3. The van der Waals surface area contributed by atoms with Gasteiger partial charge in [-0.25, -0.2) is 9.55 Å². The first-order chi connectivity index (χ1) is 15.1. The minimum absolute atomic E-state index is 0.0247. The Labute approximate surface area is 184 Å². The Hall–Kier alpha value is -2.02. The highest BCUT2D eigenvalue weighted by atomic mass is 31.2. The van der Waals surface area contributed by atoms with E-state index < -0.39 is 43.6 Å². The molecule has 14 heteroatoms. The fourth-order valence-corrected chi connectivity index (χ4v) is 3.23. The van der Waals surface area contributed by atoms with Crippen LogP contribution in [-0.4, -0.2) is 37.4 Å². The van der Waals surface area contributed by atoms with Crippen LogP contribution in [0.25, 0.3) is 11.3 Å². The highest BCUT2D eigenvalue weighted by molar-refractivity contribution is 7.45. The molecule has 1 aromatic carbocycles. The van der Waals surface area contributed by atoms with Crippen molar-refractivity contribution in [1.82, 2.24) is 10.3 Å². The van der Waals surface area contributed by atoms with E-state index in [0.29, 0.717) is 13.0 Å². The van der Waals surface area contributed by atoms with Crippen LogP contribution in [0, 0.1) is 0 Å². The van der Waals surface area contributed by atoms with Gasteiger partial charge in [0, 0.05) is 11.6 Å². The predicted molar refractivity (Wildman–Crippen MR) is 105 cm³/mol. The van der Waals surface area contributed by atoms with E-state index in [1.807, 2.05) is 0 Å². The van der Waals surface area contributed by atoms with E-state index >= 15 is 0 Å². The Bertz CT molecular complexity index is 964. The maximum Gasteiger partial charge on any atom is 0.466 e. The zero-order chi connectivity index (χ0) is 25.0. The van der Waals surface area contributed by atoms with Crippen molar-refractivity contribution in [2.75, 3.05) is 6.54 Å². The van der Waals surface area contributed by atoms with E-state index in [4.69, 9.17) is 19.2 Å². The van der Waals surface area contributed by atoms with Gasteiger partial charge in [-0.05, 0) is 49.2 Å². The number of nitrogens with one attached hydrogen (secondary N) is 1. The van der Waals surface area contributed by atoms with Crippen molar-refractivity contribution in [1.29, 1.82) is 0 Å². The van der Waals surface area contributed by atoms with Crippen molar-refractivity contribution in [2.24, 2.45) is 0 Å². The molecule has 1 aliphatic heterocycles. The number of aromatic nitrogens is 1. The van der Waals surface area contributed by atoms with Gasteiger partial charge in [-0.2, -0.15) is 26.3 Å². The summed E-state index contributed by atoms with van der Waals surface area (Å²) in [5, 5.41) is 13.6. The van der Waals surface area contributed by atoms with Crippen molar-refractivity contribution >= 4 is 7.82 Å². The minimum Gasteiger partial charge on any atom is -0.387 e. The number of hydrogen-bond donors (Lipinski definition) is 5. The molecule has 7 nitrogen and oxygen atoms in total. The molecule has 2 aromatic rings. The molecule has 1 aromatic heterocycles. The van der Waals surface area contributed by atoms with Crippen molar-refractivity contribution in [3.8, 4) is 11.3 Å². The molecular weight excluding hydrogens is 481 g/mol. The Morgan fingerprint density at radius 3 is 2.00 bits per heavy atom. The van der Waals surface area contributed by atoms with Crippen LogP contribution in [0.2, 0.25) is 0 Å². The van der Waals surface area contributed by atoms with Crippen molar-refractivity contribution < 1.29 is 50.7 Å². The Morgan fingerprint density at radius 1 is 0.970 bits per heavy atom. The summed E-state index contributed by atoms with van der Waals surface area (Å²) in [5.74, 6) is 0. The number of benzene rings is 1. The van der Waals surface area contributed by atoms with Crippen LogP contribution in [0.4, 0.5) is 26.3 Å². The smallest absolute Gasteiger partial charge is 0.387 e. The quantitative estimate of drug-likeness (QED) is 0.317. The lowest BCUT2D eigenvalue weighted by atomic mass is 9.93. The molecule has 33 heavy (non-hydrogen) atoms. The van der Waals surface area contributed by atoms with Crippen molar-refractivity contribution in [3.05, 3.63) is 53.2 Å². The molecule has 0 aliphatic carbocycles. The normalized spacial score (nSPS) is 18.3. The lowest BCUT2D eigenvalue weighted by Crippen LogP contribution is -2.38. The molecule has 5 N–H and O–H groups in total. The molecular formula is C19H21F6N2O5P. The summed E-state index contributed by atoms with van der Waals surface area (Å²) in [7, 11) is -4.64. The maximum absolute atomic E-state index is 13.3. The van der Waals surface area contributed by atoms with Gasteiger partial charge in [0.15, 0.2) is 0 Å². The summed E-state index contributed by atoms with van der Waals surface area (Å²) in [6.07, 6.45) is -8.11. The Morgan fingerprint density at radius 2 is 1.55 bits per heavy atom. The Kier molecular flexibility index (Phi) is 8.66. The number of halogens is 6. The summed E-state index contributed by atoms with van der Waals surface area (Å²) in [6, 6.07) is 5.40. The molecule has 0 spiro atoms. The third-order valence-electron chi connectivity index (χ3n) is 4.72. The Balaban J connectivity index is 0.000000696. The van der Waals surface area contributed by atoms with Gasteiger partial charge in [0.1, 0.15) is 5.69 Å². The molecule has 3 rings (SSSR count). The second kappa shape index (κ2) is 10.5. The third kappa shape index (κ3) is 8.69. The zero-order valence-electron chi connectivity index (χ0n) is 16.8. The van der Waals surface area contributed by atoms with Crippen LogP contribution in [0.5, 0.6) is 0 Å². The number of phosphoric acid groups is 1. The second-order valence-corrected chi connectivity index (χ2v) is 8.28. The second-order valence-electron chi connectivity index (χ2n) is 7.26. The van der Waals surface area contributed by atoms with Crippen LogP contribution in [0.1, 0.15) is 42.2 Å². The van der Waals surface area contributed by atoms with Crippen LogP contribution in [0.15, 0.2) is 36.4 Å². The SMILES string of the molecule is O=P(O)(O)O.OC(c1cc(-c2ccc(C(F)(F)F)cc2)nc(C(F)(F)F)c1)C1CCCCN1. The fourth-order valence-electron chi connectivity index (χ4n) is 3.23. The first-order valence-electron chi connectivity index (χ1n) is 9.52. The minimum atomic E-state index is -4.75. The molecule has 184 valence electrons. The topological polar surface area (TPSA) is 123 Å². The summed E-state index contributed by atoms with van der Waals surface area (Å²) in [6.45, 7) is 0.657. The number of hydrogen-bond acceptors (Lipinski definition) is 4. The first-order valence-corrected chi connectivity index (χ1v) is 11.1. The number of nitrogens with zero attached hydrogens (tertiary/aromatic N) is 1. The highest BCUT2D eigenvalue weighted by Crippen LogP contribution is 2.35. The molecule has 0 bridgehead atoms. The van der Waals surface area contributed by atoms with E-state index in [0.717, 1.165) is 43.2 Å². The van der Waals surface area contributed by atoms with Crippen molar-refractivity contribution in [2.45, 2.75) is 43.8 Å². The zero-order valence-corrected chi connectivity index (χ0v) is 17.7. The van der Waals surface area contributed by atoms with Crippen LogP contribution in [0.3, 0.4) is 0 Å². The number of aliphatic hydroxyl groups excluding tert-OH is 1. The van der Waals surface area contributed by atoms with Gasteiger partial charge >= 0.3 is 20.2 Å². The van der Waals surface area contributed by atoms with Gasteiger partial charge in [-0.3, -0.25) is 0 Å². The molecule has 2 atom stereocenters. The first kappa shape index (κ1) is 27.2. The fraction of sp³-hybridized carbons (Fsp3) is 0.421. The van der Waals surface area contributed by atoms with Gasteiger partial charge in [0.05, 0.1) is 17.4 Å². The largest absolute Gasteiger partial charge is 0.466 e. The number of piperidine rings is 1. The highest BCUT2D eigenvalue weighted by Gasteiger charge is 2.35. The lowest BCUT2D eigenvalue weighted by Gasteiger charge is -2.28. The molecule has 0 saturated carbocycles. The number of pyridine rings is 1. The summed E-state index contributed by atoms with van der Waals surface area (Å²) >= 11 is 0. The lowest BCUT2D eigenvalue weighted by molar-refractivity contribution is -0.141. The van der Waals surface area contributed by atoms with Gasteiger partial charge in [-0.15, -0.1) is 0 Å². The van der Waals surface area contributed by atoms with Gasteiger partial charge in [-0.1, -0.05) is 18.6 Å². The molecule has 2 unspecified atom stereocenters. The molecule has 1 saturated heterocycles. The maximum atomic E-state index is 13.3. The molecule has 0 amide bonds. The van der Waals surface area contributed by atoms with Crippen LogP contribution >= 0.6 is 7.82 Å². The summed E-state index contributed by atoms with van der Waals surface area (Å²) in [5.41, 5.74) is -2.13. The third-order valence-corrected chi connectivity index (χ3v) is 4.72. The van der Waals surface area contributed by atoms with Crippen LogP contribution in [-0.2, 0) is 16.9 Å². The number of alkyl halides is 6. The van der Waals surface area contributed by atoms with E-state index in [1.54, 1.807) is 0 Å². The van der Waals surface area contributed by atoms with Crippen LogP contribution < -0.4 is 5.32 Å². The summed E-state index contributed by atoms with van der Waals surface area (Å²) < 4.78 is 86.9. The van der Waals surface area contributed by atoms with E-state index in [9.17, 15) is 31.4 Å². The van der Waals surface area contributed by atoms with Gasteiger partial charge < -0.3 is 25.1 Å². The summed E-state index contributed by atoms with van der Waals surface area (Å²) in [4.78, 5) is 25.1. The van der Waals surface area contributed by atoms with Gasteiger partial charge in [0.2, 0.25) is 0 Å². The molecule has 1 fully saturated rings. The number of aliphatic hydroxyl groups is 1. The monoisotopic (exact) mass is 502 g/mol. The predicted octanol–water partition coefficient (Wildman–Crippen LogP) is 4.03. The van der Waals surface area contributed by atoms with Crippen molar-refractivity contribution in [3.63, 3.8) is 0 Å². The van der Waals surface area contributed by atoms with Gasteiger partial charge in [0.25, 0.3) is 0 Å². The molecule has 0 radical (unpaired) electrons. The standard InChI is InChI=1S/C19H18F6N2O.H3O4P/c20-18(21,22)13-6-4-11(5-7-13)15-9-12(10-16(27-15)19(23,24)25)17(28)14-3-1-2-8-26-14;1-5(2,3)4/h4-7,9-10,14,17,26,28H,1-3,8H2;(H3,1,2,3,4).